The number of hydrogen-bond donors (Lipinski definition) is 1. The summed E-state index contributed by atoms with van der Waals surface area (Å²) in [5.41, 5.74) is 1.11. The van der Waals surface area contributed by atoms with Crippen molar-refractivity contribution in [3.8, 4) is 17.3 Å². The molecule has 3 aromatic rings. The van der Waals surface area contributed by atoms with E-state index in [9.17, 15) is 19.8 Å². The summed E-state index contributed by atoms with van der Waals surface area (Å²) in [7, 11) is 0. The molecule has 0 unspecified atom stereocenters. The van der Waals surface area contributed by atoms with Crippen LogP contribution in [0.1, 0.15) is 5.01 Å². The molecule has 0 amide bonds. The number of nitro groups is 1. The molecular weight excluding hydrogens is 426 g/mol. The van der Waals surface area contributed by atoms with Gasteiger partial charge in [0.1, 0.15) is 28.2 Å². The Morgan fingerprint density at radius 1 is 1.29 bits per heavy atom. The number of hydrogen-bond acceptors (Lipinski definition) is 6. The molecule has 0 bridgehead atoms. The Bertz CT molecular complexity index is 1140. The molecule has 3 rings (SSSR count). The van der Waals surface area contributed by atoms with Gasteiger partial charge in [-0.1, -0.05) is 29.3 Å². The van der Waals surface area contributed by atoms with E-state index in [0.29, 0.717) is 20.7 Å². The number of allylic oxidation sites excluding steroid dienone is 1. The fourth-order valence-corrected chi connectivity index (χ4v) is 3.35. The second-order valence-corrected chi connectivity index (χ2v) is 7.07. The molecule has 0 aliphatic rings. The van der Waals surface area contributed by atoms with Gasteiger partial charge in [0.25, 0.3) is 5.69 Å². The largest absolute Gasteiger partial charge is 0.355 e. The van der Waals surface area contributed by atoms with E-state index in [1.807, 2.05) is 6.07 Å². The van der Waals surface area contributed by atoms with Crippen LogP contribution in [0.4, 0.5) is 15.8 Å². The zero-order valence-electron chi connectivity index (χ0n) is 13.8. The predicted molar refractivity (Wildman–Crippen MR) is 108 cm³/mol. The summed E-state index contributed by atoms with van der Waals surface area (Å²) >= 11 is 13.1. The number of nitrogens with one attached hydrogen (secondary N) is 1. The van der Waals surface area contributed by atoms with Crippen LogP contribution in [0.15, 0.2) is 48.0 Å². The zero-order valence-corrected chi connectivity index (χ0v) is 16.1. The first kappa shape index (κ1) is 19.8. The third-order valence-corrected chi connectivity index (χ3v) is 5.21. The van der Waals surface area contributed by atoms with Gasteiger partial charge in [-0.25, -0.2) is 9.37 Å². The van der Waals surface area contributed by atoms with Gasteiger partial charge in [-0.2, -0.15) is 5.26 Å². The van der Waals surface area contributed by atoms with Gasteiger partial charge < -0.3 is 5.32 Å². The number of nitro benzene ring substituents is 1. The molecule has 0 saturated carbocycles. The van der Waals surface area contributed by atoms with Crippen LogP contribution in [-0.4, -0.2) is 9.91 Å². The summed E-state index contributed by atoms with van der Waals surface area (Å²) in [6.45, 7) is 0. The SMILES string of the molecule is N#CC(=CNc1ccc(F)cc1[N+](=O)[O-])c1nc(-c2ccc(Cl)c(Cl)c2)cs1. The lowest BCUT2D eigenvalue weighted by Crippen LogP contribution is -1.97. The van der Waals surface area contributed by atoms with Crippen LogP contribution in [0, 0.1) is 27.3 Å². The molecule has 0 fully saturated rings. The molecule has 0 aliphatic heterocycles. The average molecular weight is 435 g/mol. The van der Waals surface area contributed by atoms with Crippen molar-refractivity contribution in [1.29, 1.82) is 5.26 Å². The van der Waals surface area contributed by atoms with Crippen molar-refractivity contribution >= 4 is 51.5 Å². The standard InChI is InChI=1S/C18H9Cl2FN4O2S/c19-13-3-1-10(5-14(13)20)16-9-28-18(24-16)11(7-22)8-23-15-4-2-12(21)6-17(15)25(26)27/h1-6,8-9,23H. The number of anilines is 1. The van der Waals surface area contributed by atoms with E-state index in [1.54, 1.807) is 23.6 Å². The number of aromatic nitrogens is 1. The molecule has 0 radical (unpaired) electrons. The maximum absolute atomic E-state index is 13.2. The van der Waals surface area contributed by atoms with Gasteiger partial charge in [0.2, 0.25) is 0 Å². The number of nitriles is 1. The summed E-state index contributed by atoms with van der Waals surface area (Å²) < 4.78 is 13.2. The van der Waals surface area contributed by atoms with Crippen LogP contribution >= 0.6 is 34.5 Å². The number of thiazole rings is 1. The zero-order chi connectivity index (χ0) is 20.3. The maximum Gasteiger partial charge on any atom is 0.295 e. The van der Waals surface area contributed by atoms with E-state index in [4.69, 9.17) is 23.2 Å². The minimum Gasteiger partial charge on any atom is -0.355 e. The van der Waals surface area contributed by atoms with Crippen molar-refractivity contribution < 1.29 is 9.31 Å². The van der Waals surface area contributed by atoms with Gasteiger partial charge in [0, 0.05) is 17.1 Å². The lowest BCUT2D eigenvalue weighted by atomic mass is 10.2. The lowest BCUT2D eigenvalue weighted by Gasteiger charge is -2.03. The first-order valence-corrected chi connectivity index (χ1v) is 9.24. The third kappa shape index (κ3) is 4.28. The molecule has 1 heterocycles. The van der Waals surface area contributed by atoms with E-state index < -0.39 is 16.4 Å². The van der Waals surface area contributed by atoms with Crippen LogP contribution in [0.3, 0.4) is 0 Å². The summed E-state index contributed by atoms with van der Waals surface area (Å²) in [6.07, 6.45) is 1.29. The van der Waals surface area contributed by atoms with Crippen LogP contribution in [0.5, 0.6) is 0 Å². The Labute approximate surface area is 172 Å². The molecule has 6 nitrogen and oxygen atoms in total. The highest BCUT2D eigenvalue weighted by molar-refractivity contribution is 7.11. The van der Waals surface area contributed by atoms with Crippen molar-refractivity contribution in [2.45, 2.75) is 0 Å². The Kier molecular flexibility index (Phi) is 5.90. The molecule has 0 saturated heterocycles. The van der Waals surface area contributed by atoms with Gasteiger partial charge in [-0.3, -0.25) is 10.1 Å². The number of halogens is 3. The van der Waals surface area contributed by atoms with E-state index in [0.717, 1.165) is 17.7 Å². The Morgan fingerprint density at radius 2 is 2.07 bits per heavy atom. The number of nitrogens with zero attached hydrogens (tertiary/aromatic N) is 3. The van der Waals surface area contributed by atoms with Gasteiger partial charge in [-0.05, 0) is 24.3 Å². The minimum absolute atomic E-state index is 0.0559. The Balaban J connectivity index is 1.89. The first-order chi connectivity index (χ1) is 13.4. The normalized spacial score (nSPS) is 11.1. The van der Waals surface area contributed by atoms with Gasteiger partial charge in [-0.15, -0.1) is 11.3 Å². The topological polar surface area (TPSA) is 91.8 Å². The van der Waals surface area contributed by atoms with Gasteiger partial charge in [0.05, 0.1) is 26.7 Å². The highest BCUT2D eigenvalue weighted by Gasteiger charge is 2.15. The van der Waals surface area contributed by atoms with Crippen molar-refractivity contribution in [1.82, 2.24) is 4.98 Å². The number of rotatable bonds is 5. The second-order valence-electron chi connectivity index (χ2n) is 5.40. The fourth-order valence-electron chi connectivity index (χ4n) is 2.26. The van der Waals surface area contributed by atoms with Crippen LogP contribution in [0.2, 0.25) is 10.0 Å². The van der Waals surface area contributed by atoms with Crippen LogP contribution in [0.25, 0.3) is 16.8 Å². The second kappa shape index (κ2) is 8.35. The molecule has 1 N–H and O–H groups in total. The quantitative estimate of drug-likeness (QED) is 0.295. The predicted octanol–water partition coefficient (Wildman–Crippen LogP) is 6.14. The smallest absolute Gasteiger partial charge is 0.295 e. The molecule has 0 atom stereocenters. The summed E-state index contributed by atoms with van der Waals surface area (Å²) in [5, 5.41) is 26.1. The lowest BCUT2D eigenvalue weighted by molar-refractivity contribution is -0.384. The highest BCUT2D eigenvalue weighted by Crippen LogP contribution is 2.31. The van der Waals surface area contributed by atoms with Crippen molar-refractivity contribution in [2.24, 2.45) is 0 Å². The molecule has 140 valence electrons. The van der Waals surface area contributed by atoms with Crippen molar-refractivity contribution in [3.63, 3.8) is 0 Å². The van der Waals surface area contributed by atoms with E-state index in [2.05, 4.69) is 10.3 Å². The van der Waals surface area contributed by atoms with E-state index in [1.165, 1.54) is 23.6 Å². The molecule has 0 spiro atoms. The van der Waals surface area contributed by atoms with E-state index >= 15 is 0 Å². The molecule has 2 aromatic carbocycles. The molecule has 0 aliphatic carbocycles. The third-order valence-electron chi connectivity index (χ3n) is 3.60. The highest BCUT2D eigenvalue weighted by atomic mass is 35.5. The Morgan fingerprint density at radius 3 is 2.75 bits per heavy atom. The Hall–Kier alpha value is -2.99. The van der Waals surface area contributed by atoms with Crippen molar-refractivity contribution in [3.05, 3.63) is 79.0 Å². The van der Waals surface area contributed by atoms with Crippen molar-refractivity contribution in [2.75, 3.05) is 5.32 Å². The average Bonchev–Trinajstić information content (AvgIpc) is 3.15. The monoisotopic (exact) mass is 434 g/mol. The fraction of sp³-hybridized carbons (Fsp3) is 0. The van der Waals surface area contributed by atoms with Gasteiger partial charge >= 0.3 is 0 Å². The number of benzene rings is 2. The van der Waals surface area contributed by atoms with Crippen LogP contribution < -0.4 is 5.32 Å². The van der Waals surface area contributed by atoms with E-state index in [-0.39, 0.29) is 11.3 Å². The molecule has 28 heavy (non-hydrogen) atoms. The van der Waals surface area contributed by atoms with Gasteiger partial charge in [0.15, 0.2) is 0 Å². The molecular formula is C18H9Cl2FN4O2S. The summed E-state index contributed by atoms with van der Waals surface area (Å²) in [5.74, 6) is -0.729. The maximum atomic E-state index is 13.2. The molecule has 1 aromatic heterocycles. The molecule has 10 heteroatoms. The summed E-state index contributed by atoms with van der Waals surface area (Å²) in [6, 6.07) is 10.2. The minimum atomic E-state index is -0.729. The van der Waals surface area contributed by atoms with Crippen LogP contribution in [-0.2, 0) is 0 Å². The summed E-state index contributed by atoms with van der Waals surface area (Å²) in [4.78, 5) is 14.7. The first-order valence-electron chi connectivity index (χ1n) is 7.61.